The number of nitrogens with two attached hydrogens (primary N) is 1. The Labute approximate surface area is 330 Å². The summed E-state index contributed by atoms with van der Waals surface area (Å²) < 4.78 is 32.6. The van der Waals surface area contributed by atoms with Crippen molar-refractivity contribution in [1.82, 2.24) is 0 Å². The van der Waals surface area contributed by atoms with E-state index in [4.69, 9.17) is 24.3 Å². The van der Waals surface area contributed by atoms with E-state index in [1.807, 2.05) is 12.2 Å². The number of hydrogen-bond acceptors (Lipinski definition) is 8. The Balaban J connectivity index is 4.15. The Hall–Kier alpha value is -2.03. The third kappa shape index (κ3) is 39.7. The van der Waals surface area contributed by atoms with Crippen molar-refractivity contribution in [3.8, 4) is 0 Å². The summed E-state index contributed by atoms with van der Waals surface area (Å²) in [6, 6.07) is 0. The first-order valence-corrected chi connectivity index (χ1v) is 23.1. The van der Waals surface area contributed by atoms with E-state index in [2.05, 4.69) is 50.3 Å². The molecule has 0 radical (unpaired) electrons. The topological polar surface area (TPSA) is 134 Å². The van der Waals surface area contributed by atoms with E-state index < -0.39 is 32.5 Å². The molecule has 0 saturated carbocycles. The van der Waals surface area contributed by atoms with E-state index in [1.165, 1.54) is 109 Å². The highest BCUT2D eigenvalue weighted by Gasteiger charge is 2.25. The lowest BCUT2D eigenvalue weighted by atomic mass is 10.0. The van der Waals surface area contributed by atoms with Crippen molar-refractivity contribution in [3.05, 3.63) is 48.6 Å². The van der Waals surface area contributed by atoms with Crippen LogP contribution in [0.15, 0.2) is 48.6 Å². The van der Waals surface area contributed by atoms with Gasteiger partial charge in [0.2, 0.25) is 0 Å². The van der Waals surface area contributed by atoms with Crippen molar-refractivity contribution in [2.24, 2.45) is 5.73 Å². The van der Waals surface area contributed by atoms with Crippen LogP contribution in [0.25, 0.3) is 0 Å². The molecule has 3 N–H and O–H groups in total. The Kier molecular flexibility index (Phi) is 39.1. The predicted octanol–water partition coefficient (Wildman–Crippen LogP) is 12.3. The number of carbonyl (C=O) groups excluding carboxylic acids is 2. The van der Waals surface area contributed by atoms with Crippen molar-refractivity contribution in [1.29, 1.82) is 0 Å². The standard InChI is InChI=1S/C44H80NO8P/c1-3-5-7-9-11-13-15-17-18-19-20-21-22-23-25-26-28-30-32-34-36-43(46)50-40-42(41-52-54(48,49)51-39-38-45)53-44(47)37-35-33-31-29-27-24-16-14-12-10-8-6-4-2/h6,8,12,14,24,27,31,33,42H,3-5,7,9-11,13,15-23,25-26,28-30,32,34-41,45H2,1-2H3,(H,48,49)/b8-6-,14-12-,27-24-,33-31-. The van der Waals surface area contributed by atoms with Crippen LogP contribution in [0, 0.1) is 0 Å². The molecular weight excluding hydrogens is 701 g/mol. The van der Waals surface area contributed by atoms with Crippen LogP contribution >= 0.6 is 7.82 Å². The molecule has 0 saturated heterocycles. The Morgan fingerprint density at radius 3 is 1.48 bits per heavy atom. The summed E-state index contributed by atoms with van der Waals surface area (Å²) in [5.41, 5.74) is 5.34. The SMILES string of the molecule is CC/C=C\C/C=C\C/C=C\C/C=C\CCC(=O)OC(COC(=O)CCCCCCCCCCCCCCCCCCCCCC)COP(=O)(O)OCCN. The van der Waals surface area contributed by atoms with Gasteiger partial charge in [0.25, 0.3) is 0 Å². The molecule has 0 aromatic rings. The van der Waals surface area contributed by atoms with Gasteiger partial charge in [-0.05, 0) is 38.5 Å². The molecule has 54 heavy (non-hydrogen) atoms. The lowest BCUT2D eigenvalue weighted by Gasteiger charge is -2.19. The highest BCUT2D eigenvalue weighted by atomic mass is 31.2. The maximum absolute atomic E-state index is 12.5. The Morgan fingerprint density at radius 1 is 0.574 bits per heavy atom. The van der Waals surface area contributed by atoms with E-state index >= 15 is 0 Å². The van der Waals surface area contributed by atoms with Crippen molar-refractivity contribution in [3.63, 3.8) is 0 Å². The average molecular weight is 782 g/mol. The van der Waals surface area contributed by atoms with Gasteiger partial charge in [-0.25, -0.2) is 4.57 Å². The zero-order valence-corrected chi connectivity index (χ0v) is 35.3. The molecule has 0 bridgehead atoms. The molecule has 2 atom stereocenters. The fourth-order valence-electron chi connectivity index (χ4n) is 5.82. The number of carbonyl (C=O) groups is 2. The summed E-state index contributed by atoms with van der Waals surface area (Å²) in [5, 5.41) is 0. The highest BCUT2D eigenvalue weighted by Crippen LogP contribution is 2.43. The van der Waals surface area contributed by atoms with Gasteiger partial charge < -0.3 is 20.1 Å². The van der Waals surface area contributed by atoms with Crippen molar-refractivity contribution >= 4 is 19.8 Å². The Bertz CT molecular complexity index is 1030. The van der Waals surface area contributed by atoms with E-state index in [0.29, 0.717) is 6.42 Å². The summed E-state index contributed by atoms with van der Waals surface area (Å²) in [6.45, 7) is 3.54. The minimum atomic E-state index is -4.39. The maximum Gasteiger partial charge on any atom is 0.472 e. The molecule has 10 heteroatoms. The fourth-order valence-corrected chi connectivity index (χ4v) is 6.59. The molecule has 0 aromatic heterocycles. The zero-order chi connectivity index (χ0) is 39.6. The molecule has 0 aliphatic rings. The molecule has 0 aromatic carbocycles. The number of esters is 2. The number of phosphoric ester groups is 1. The van der Waals surface area contributed by atoms with E-state index in [9.17, 15) is 19.0 Å². The molecule has 9 nitrogen and oxygen atoms in total. The van der Waals surface area contributed by atoms with E-state index in [1.54, 1.807) is 0 Å². The predicted molar refractivity (Wildman–Crippen MR) is 224 cm³/mol. The molecule has 2 unspecified atom stereocenters. The van der Waals surface area contributed by atoms with Crippen LogP contribution in [-0.2, 0) is 32.7 Å². The first-order valence-electron chi connectivity index (χ1n) is 21.6. The summed E-state index contributed by atoms with van der Waals surface area (Å²) in [7, 11) is -4.39. The normalized spacial score (nSPS) is 13.8. The summed E-state index contributed by atoms with van der Waals surface area (Å²) >= 11 is 0. The van der Waals surface area contributed by atoms with E-state index in [-0.39, 0.29) is 32.6 Å². The summed E-state index contributed by atoms with van der Waals surface area (Å²) in [5.74, 6) is -0.920. The minimum absolute atomic E-state index is 0.0424. The maximum atomic E-state index is 12.5. The largest absolute Gasteiger partial charge is 0.472 e. The zero-order valence-electron chi connectivity index (χ0n) is 34.4. The number of phosphoric acid groups is 1. The average Bonchev–Trinajstić information content (AvgIpc) is 3.16. The number of unbranched alkanes of at least 4 members (excludes halogenated alkanes) is 19. The summed E-state index contributed by atoms with van der Waals surface area (Å²) in [6.07, 6.45) is 46.0. The van der Waals surface area contributed by atoms with Crippen LogP contribution < -0.4 is 5.73 Å². The molecule has 0 heterocycles. The van der Waals surface area contributed by atoms with Gasteiger partial charge in [-0.2, -0.15) is 0 Å². The number of rotatable bonds is 40. The second-order valence-corrected chi connectivity index (χ2v) is 15.6. The monoisotopic (exact) mass is 782 g/mol. The van der Waals surface area contributed by atoms with Gasteiger partial charge in [-0.1, -0.05) is 184 Å². The lowest BCUT2D eigenvalue weighted by Crippen LogP contribution is -2.29. The van der Waals surface area contributed by atoms with Crippen LogP contribution in [-0.4, -0.2) is 49.3 Å². The fraction of sp³-hybridized carbons (Fsp3) is 0.773. The van der Waals surface area contributed by atoms with Crippen molar-refractivity contribution in [2.75, 3.05) is 26.4 Å². The molecular formula is C44H80NO8P. The second-order valence-electron chi connectivity index (χ2n) is 14.2. The quantitative estimate of drug-likeness (QED) is 0.0269. The summed E-state index contributed by atoms with van der Waals surface area (Å²) in [4.78, 5) is 34.8. The van der Waals surface area contributed by atoms with Crippen LogP contribution in [0.4, 0.5) is 0 Å². The van der Waals surface area contributed by atoms with Gasteiger partial charge in [0.05, 0.1) is 13.2 Å². The third-order valence-electron chi connectivity index (χ3n) is 8.99. The van der Waals surface area contributed by atoms with Crippen LogP contribution in [0.3, 0.4) is 0 Å². The molecule has 0 rings (SSSR count). The van der Waals surface area contributed by atoms with Crippen LogP contribution in [0.2, 0.25) is 0 Å². The number of hydrogen-bond donors (Lipinski definition) is 2. The smallest absolute Gasteiger partial charge is 0.462 e. The van der Waals surface area contributed by atoms with Crippen molar-refractivity contribution in [2.45, 2.75) is 193 Å². The molecule has 314 valence electrons. The molecule has 0 aliphatic heterocycles. The Morgan fingerprint density at radius 2 is 1.02 bits per heavy atom. The van der Waals surface area contributed by atoms with Gasteiger partial charge in [0, 0.05) is 19.4 Å². The van der Waals surface area contributed by atoms with Crippen LogP contribution in [0.1, 0.15) is 187 Å². The van der Waals surface area contributed by atoms with Gasteiger partial charge >= 0.3 is 19.8 Å². The minimum Gasteiger partial charge on any atom is -0.462 e. The highest BCUT2D eigenvalue weighted by molar-refractivity contribution is 7.47. The van der Waals surface area contributed by atoms with Crippen LogP contribution in [0.5, 0.6) is 0 Å². The first-order chi connectivity index (χ1) is 26.3. The first kappa shape index (κ1) is 52.0. The van der Waals surface area contributed by atoms with Crippen molar-refractivity contribution < 1.29 is 37.6 Å². The van der Waals surface area contributed by atoms with E-state index in [0.717, 1.165) is 44.9 Å². The van der Waals surface area contributed by atoms with Gasteiger partial charge in [-0.3, -0.25) is 18.6 Å². The number of allylic oxidation sites excluding steroid dienone is 8. The lowest BCUT2D eigenvalue weighted by molar-refractivity contribution is -0.161. The number of ether oxygens (including phenoxy) is 2. The van der Waals surface area contributed by atoms with Gasteiger partial charge in [0.15, 0.2) is 6.10 Å². The van der Waals surface area contributed by atoms with Gasteiger partial charge in [0.1, 0.15) is 6.61 Å². The molecule has 0 aliphatic carbocycles. The van der Waals surface area contributed by atoms with Gasteiger partial charge in [-0.15, -0.1) is 0 Å². The second kappa shape index (κ2) is 40.6. The molecule has 0 amide bonds. The molecule has 0 fully saturated rings. The third-order valence-corrected chi connectivity index (χ3v) is 9.98. The molecule has 0 spiro atoms.